The van der Waals surface area contributed by atoms with Crippen LogP contribution in [0.25, 0.3) is 10.9 Å². The third-order valence-electron chi connectivity index (χ3n) is 5.21. The molecule has 3 aromatic rings. The Labute approximate surface area is 169 Å². The number of nitrogens with zero attached hydrogens (tertiary/aromatic N) is 1. The third kappa shape index (κ3) is 4.03. The molecule has 0 radical (unpaired) electrons. The number of benzene rings is 2. The van der Waals surface area contributed by atoms with Gasteiger partial charge in [-0.1, -0.05) is 13.0 Å². The summed E-state index contributed by atoms with van der Waals surface area (Å²) in [6, 6.07) is 15.1. The summed E-state index contributed by atoms with van der Waals surface area (Å²) in [5, 5.41) is 3.12. The fraction of sp³-hybridized carbons (Fsp3) is 0.304. The predicted molar refractivity (Wildman–Crippen MR) is 112 cm³/mol. The average molecular weight is 392 g/mol. The van der Waals surface area contributed by atoms with Gasteiger partial charge in [0, 0.05) is 22.2 Å². The lowest BCUT2D eigenvalue weighted by Gasteiger charge is -2.15. The number of aromatic amines is 1. The number of hydrogen-bond donors (Lipinski definition) is 2. The van der Waals surface area contributed by atoms with Crippen molar-refractivity contribution in [1.29, 1.82) is 0 Å². The normalized spacial score (nSPS) is 16.8. The zero-order valence-electron chi connectivity index (χ0n) is 16.8. The second kappa shape index (κ2) is 8.09. The van der Waals surface area contributed by atoms with Crippen molar-refractivity contribution in [2.75, 3.05) is 11.5 Å². The predicted octanol–water partition coefficient (Wildman–Crippen LogP) is 2.66. The summed E-state index contributed by atoms with van der Waals surface area (Å²) in [4.78, 5) is 29.9. The third-order valence-corrected chi connectivity index (χ3v) is 5.21. The Morgan fingerprint density at radius 2 is 1.93 bits per heavy atom. The van der Waals surface area contributed by atoms with Crippen molar-refractivity contribution in [3.05, 3.63) is 59.8 Å². The highest BCUT2D eigenvalue weighted by atomic mass is 16.5. The van der Waals surface area contributed by atoms with Crippen LogP contribution in [-0.2, 0) is 16.1 Å². The summed E-state index contributed by atoms with van der Waals surface area (Å²) in [6.07, 6.45) is 1.15. The molecule has 1 aromatic heterocycles. The van der Waals surface area contributed by atoms with Crippen LogP contribution in [-0.4, -0.2) is 29.4 Å². The first-order valence-electron chi connectivity index (χ1n) is 10.1. The van der Waals surface area contributed by atoms with Crippen molar-refractivity contribution in [2.45, 2.75) is 39.3 Å². The number of quaternary nitrogens is 1. The largest absolute Gasteiger partial charge is 0.494 e. The smallest absolute Gasteiger partial charge is 0.292 e. The van der Waals surface area contributed by atoms with Gasteiger partial charge in [-0.05, 0) is 55.8 Å². The second-order valence-electron chi connectivity index (χ2n) is 7.53. The van der Waals surface area contributed by atoms with Crippen LogP contribution in [0.1, 0.15) is 31.0 Å². The van der Waals surface area contributed by atoms with Gasteiger partial charge in [-0.3, -0.25) is 9.59 Å². The number of nitrogens with two attached hydrogens (primary N) is 1. The van der Waals surface area contributed by atoms with E-state index in [9.17, 15) is 9.59 Å². The first-order valence-corrected chi connectivity index (χ1v) is 10.1. The number of amides is 2. The van der Waals surface area contributed by atoms with Gasteiger partial charge in [0.05, 0.1) is 18.7 Å². The number of aryl methyl sites for hydroxylation is 1. The molecule has 1 unspecified atom stereocenters. The molecule has 0 saturated carbocycles. The van der Waals surface area contributed by atoms with Gasteiger partial charge in [0.15, 0.2) is 6.04 Å². The number of fused-ring (bicyclic) bond motifs is 1. The van der Waals surface area contributed by atoms with Gasteiger partial charge in [0.25, 0.3) is 5.91 Å². The molecule has 150 valence electrons. The van der Waals surface area contributed by atoms with E-state index in [1.807, 2.05) is 19.2 Å². The van der Waals surface area contributed by atoms with E-state index in [2.05, 4.69) is 29.2 Å². The monoisotopic (exact) mass is 392 g/mol. The molecule has 3 N–H and O–H groups in total. The average Bonchev–Trinajstić information content (AvgIpc) is 3.22. The Hall–Kier alpha value is -3.12. The summed E-state index contributed by atoms with van der Waals surface area (Å²) in [6.45, 7) is 5.38. The maximum absolute atomic E-state index is 12.8. The van der Waals surface area contributed by atoms with Crippen molar-refractivity contribution < 1.29 is 19.6 Å². The standard InChI is InChI=1S/C23H25N3O3/c1-3-10-29-19-7-5-18(6-8-19)26-22(27)13-21(23(26)28)24-14-16-4-9-20-17(12-16)11-15(2)25-20/h4-9,11-12,21,24-25H,3,10,13-14H2,1-2H3/p+1. The molecule has 1 atom stereocenters. The van der Waals surface area contributed by atoms with Crippen molar-refractivity contribution >= 4 is 28.4 Å². The molecule has 1 aliphatic heterocycles. The molecule has 2 amide bonds. The fourth-order valence-corrected chi connectivity index (χ4v) is 3.75. The van der Waals surface area contributed by atoms with Crippen LogP contribution < -0.4 is 15.0 Å². The number of ether oxygens (including phenoxy) is 1. The van der Waals surface area contributed by atoms with Crippen molar-refractivity contribution in [3.63, 3.8) is 0 Å². The fourth-order valence-electron chi connectivity index (χ4n) is 3.75. The van der Waals surface area contributed by atoms with Crippen molar-refractivity contribution in [2.24, 2.45) is 0 Å². The number of hydrogen-bond acceptors (Lipinski definition) is 3. The van der Waals surface area contributed by atoms with Gasteiger partial charge in [0.2, 0.25) is 5.91 Å². The van der Waals surface area contributed by atoms with Crippen molar-refractivity contribution in [1.82, 2.24) is 4.98 Å². The number of H-pyrrole nitrogens is 1. The Bertz CT molecular complexity index is 1040. The molecule has 1 saturated heterocycles. The lowest BCUT2D eigenvalue weighted by atomic mass is 10.1. The van der Waals surface area contributed by atoms with E-state index in [-0.39, 0.29) is 24.3 Å². The lowest BCUT2D eigenvalue weighted by molar-refractivity contribution is -0.690. The van der Waals surface area contributed by atoms with Crippen LogP contribution in [0.2, 0.25) is 0 Å². The van der Waals surface area contributed by atoms with Gasteiger partial charge in [-0.25, -0.2) is 4.90 Å². The quantitative estimate of drug-likeness (QED) is 0.607. The van der Waals surface area contributed by atoms with Gasteiger partial charge >= 0.3 is 0 Å². The molecule has 2 heterocycles. The maximum Gasteiger partial charge on any atom is 0.292 e. The first-order chi connectivity index (χ1) is 14.0. The minimum Gasteiger partial charge on any atom is -0.494 e. The minimum absolute atomic E-state index is 0.157. The van der Waals surface area contributed by atoms with Crippen molar-refractivity contribution in [3.8, 4) is 5.75 Å². The molecule has 1 fully saturated rings. The molecule has 0 spiro atoms. The number of anilines is 1. The molecule has 6 nitrogen and oxygen atoms in total. The molecule has 4 rings (SSSR count). The van der Waals surface area contributed by atoms with Crippen LogP contribution in [0.4, 0.5) is 5.69 Å². The summed E-state index contributed by atoms with van der Waals surface area (Å²) in [7, 11) is 0. The number of carbonyl (C=O) groups excluding carboxylic acids is 2. The second-order valence-corrected chi connectivity index (χ2v) is 7.53. The number of rotatable bonds is 7. The van der Waals surface area contributed by atoms with E-state index < -0.39 is 0 Å². The lowest BCUT2D eigenvalue weighted by Crippen LogP contribution is -2.90. The number of aromatic nitrogens is 1. The highest BCUT2D eigenvalue weighted by Gasteiger charge is 2.42. The molecule has 0 aliphatic carbocycles. The summed E-state index contributed by atoms with van der Waals surface area (Å²) >= 11 is 0. The van der Waals surface area contributed by atoms with Gasteiger partial charge in [-0.15, -0.1) is 0 Å². The molecule has 0 bridgehead atoms. The van der Waals surface area contributed by atoms with Gasteiger partial charge in [-0.2, -0.15) is 0 Å². The molecule has 1 aliphatic rings. The summed E-state index contributed by atoms with van der Waals surface area (Å²) in [5.74, 6) is 0.430. The molecular weight excluding hydrogens is 366 g/mol. The number of nitrogens with one attached hydrogen (secondary N) is 1. The Morgan fingerprint density at radius 3 is 2.69 bits per heavy atom. The zero-order valence-corrected chi connectivity index (χ0v) is 16.8. The summed E-state index contributed by atoms with van der Waals surface area (Å²) in [5.41, 5.74) is 3.96. The minimum atomic E-state index is -0.387. The van der Waals surface area contributed by atoms with E-state index in [1.165, 1.54) is 4.90 Å². The summed E-state index contributed by atoms with van der Waals surface area (Å²) < 4.78 is 5.57. The van der Waals surface area contributed by atoms with E-state index in [4.69, 9.17) is 4.74 Å². The van der Waals surface area contributed by atoms with Crippen LogP contribution in [0, 0.1) is 6.92 Å². The molecular formula is C23H26N3O3+. The van der Waals surface area contributed by atoms with Gasteiger partial charge in [0.1, 0.15) is 12.3 Å². The van der Waals surface area contributed by atoms with Gasteiger partial charge < -0.3 is 15.0 Å². The maximum atomic E-state index is 12.8. The molecule has 29 heavy (non-hydrogen) atoms. The highest BCUT2D eigenvalue weighted by Crippen LogP contribution is 2.24. The highest BCUT2D eigenvalue weighted by molar-refractivity contribution is 6.21. The topological polar surface area (TPSA) is 79.0 Å². The molecule has 6 heteroatoms. The Balaban J connectivity index is 1.41. The van der Waals surface area contributed by atoms with Crippen LogP contribution in [0.5, 0.6) is 5.75 Å². The van der Waals surface area contributed by atoms with E-state index in [1.54, 1.807) is 24.3 Å². The van der Waals surface area contributed by atoms with E-state index >= 15 is 0 Å². The zero-order chi connectivity index (χ0) is 20.4. The van der Waals surface area contributed by atoms with Crippen LogP contribution in [0.3, 0.4) is 0 Å². The van der Waals surface area contributed by atoms with E-state index in [0.29, 0.717) is 18.8 Å². The molecule has 2 aromatic carbocycles. The van der Waals surface area contributed by atoms with Crippen LogP contribution in [0.15, 0.2) is 48.5 Å². The van der Waals surface area contributed by atoms with E-state index in [0.717, 1.165) is 34.3 Å². The Kier molecular flexibility index (Phi) is 5.36. The first kappa shape index (κ1) is 19.2. The van der Waals surface area contributed by atoms with Crippen LogP contribution >= 0.6 is 0 Å². The number of imide groups is 1. The number of carbonyl (C=O) groups is 2. The SMILES string of the molecule is CCCOc1ccc(N2C(=O)CC([NH2+]Cc3ccc4[nH]c(C)cc4c3)C2=O)cc1. The Morgan fingerprint density at radius 1 is 1.14 bits per heavy atom.